The molecule has 1 N–H and O–H groups in total. The van der Waals surface area contributed by atoms with E-state index in [4.69, 9.17) is 5.26 Å². The molecule has 0 aliphatic carbocycles. The summed E-state index contributed by atoms with van der Waals surface area (Å²) < 4.78 is 32.2. The van der Waals surface area contributed by atoms with Crippen LogP contribution in [-0.2, 0) is 46.6 Å². The van der Waals surface area contributed by atoms with Gasteiger partial charge in [0.2, 0.25) is 10.0 Å². The van der Waals surface area contributed by atoms with Crippen molar-refractivity contribution in [1.82, 2.24) is 19.3 Å². The molecule has 1 aromatic carbocycles. The van der Waals surface area contributed by atoms with Gasteiger partial charge in [0.25, 0.3) is 5.95 Å². The zero-order valence-corrected chi connectivity index (χ0v) is 20.6. The van der Waals surface area contributed by atoms with Crippen LogP contribution in [0, 0.1) is 22.7 Å². The monoisotopic (exact) mass is 529 g/mol. The van der Waals surface area contributed by atoms with Crippen LogP contribution in [0.25, 0.3) is 4.72 Å². The third kappa shape index (κ3) is 4.94. The molecular formula is C20H20CuN9O3S. The molecule has 0 amide bonds. The van der Waals surface area contributed by atoms with Gasteiger partial charge in [-0.05, 0) is 25.0 Å². The summed E-state index contributed by atoms with van der Waals surface area (Å²) in [4.78, 5) is 3.62. The Labute approximate surface area is 207 Å². The van der Waals surface area contributed by atoms with E-state index < -0.39 is 21.2 Å². The van der Waals surface area contributed by atoms with Gasteiger partial charge in [0.05, 0.1) is 5.69 Å². The first-order chi connectivity index (χ1) is 15.4. The molecule has 3 rings (SSSR count). The van der Waals surface area contributed by atoms with E-state index >= 15 is 0 Å². The van der Waals surface area contributed by atoms with Crippen molar-refractivity contribution in [3.8, 4) is 17.9 Å². The van der Waals surface area contributed by atoms with Crippen LogP contribution in [0.15, 0.2) is 39.4 Å². The minimum atomic E-state index is -4.32. The number of aromatic nitrogens is 4. The van der Waals surface area contributed by atoms with Crippen LogP contribution in [0.1, 0.15) is 37.9 Å². The van der Waals surface area contributed by atoms with Crippen molar-refractivity contribution in [3.63, 3.8) is 0 Å². The summed E-state index contributed by atoms with van der Waals surface area (Å²) in [6, 6.07) is 9.13. The van der Waals surface area contributed by atoms with Crippen LogP contribution < -0.4 is 0 Å². The predicted octanol–water partition coefficient (Wildman–Crippen LogP) is 3.71. The molecule has 0 saturated carbocycles. The number of rotatable bonds is 5. The molecular weight excluding hydrogens is 510 g/mol. The van der Waals surface area contributed by atoms with Gasteiger partial charge in [0.1, 0.15) is 28.5 Å². The summed E-state index contributed by atoms with van der Waals surface area (Å²) in [5.74, 6) is -0.577. The van der Waals surface area contributed by atoms with Crippen molar-refractivity contribution in [3.05, 3.63) is 46.1 Å². The second-order valence-corrected chi connectivity index (χ2v) is 9.59. The van der Waals surface area contributed by atoms with Crippen LogP contribution in [0.5, 0.6) is 5.75 Å². The van der Waals surface area contributed by atoms with Crippen LogP contribution >= 0.6 is 0 Å². The number of phenolic OH excluding ortho intramolecular Hbond substituents is 1. The van der Waals surface area contributed by atoms with Gasteiger partial charge in [0, 0.05) is 12.5 Å². The Morgan fingerprint density at radius 2 is 1.76 bits per heavy atom. The Morgan fingerprint density at radius 1 is 1.12 bits per heavy atom. The maximum absolute atomic E-state index is 12.9. The van der Waals surface area contributed by atoms with Gasteiger partial charge in [-0.3, -0.25) is 5.10 Å². The van der Waals surface area contributed by atoms with Gasteiger partial charge in [0.15, 0.2) is 11.4 Å². The second-order valence-electron chi connectivity index (χ2n) is 8.02. The van der Waals surface area contributed by atoms with Crippen molar-refractivity contribution in [1.29, 1.82) is 10.5 Å². The maximum atomic E-state index is 12.9. The van der Waals surface area contributed by atoms with Crippen molar-refractivity contribution >= 4 is 27.5 Å². The molecule has 0 spiro atoms. The zero-order valence-electron chi connectivity index (χ0n) is 18.8. The molecule has 0 atom stereocenters. The van der Waals surface area contributed by atoms with E-state index in [0.717, 1.165) is 0 Å². The summed E-state index contributed by atoms with van der Waals surface area (Å²) in [7, 11) is -1.30. The number of hydrogen-bond acceptors (Lipinski definition) is 9. The fourth-order valence-corrected chi connectivity index (χ4v) is 4.03. The van der Waals surface area contributed by atoms with Gasteiger partial charge < -0.3 is 19.1 Å². The summed E-state index contributed by atoms with van der Waals surface area (Å²) >= 11 is 0. The topological polar surface area (TPSA) is 176 Å². The molecule has 14 heteroatoms. The number of nitriles is 2. The van der Waals surface area contributed by atoms with Crippen LogP contribution in [0.2, 0.25) is 0 Å². The Morgan fingerprint density at radius 3 is 2.29 bits per heavy atom. The molecule has 12 nitrogen and oxygen atoms in total. The quantitative estimate of drug-likeness (QED) is 0.386. The smallest absolute Gasteiger partial charge is 0.507 e. The third-order valence-corrected chi connectivity index (χ3v) is 5.89. The average molecular weight is 530 g/mol. The number of hydrogen-bond donors (Lipinski definition) is 1. The van der Waals surface area contributed by atoms with Gasteiger partial charge in [-0.1, -0.05) is 32.9 Å². The van der Waals surface area contributed by atoms with E-state index in [2.05, 4.69) is 25.0 Å². The van der Waals surface area contributed by atoms with Crippen LogP contribution in [0.3, 0.4) is 0 Å². The van der Waals surface area contributed by atoms with Crippen molar-refractivity contribution in [2.75, 3.05) is 0 Å². The Kier molecular flexibility index (Phi) is 7.53. The summed E-state index contributed by atoms with van der Waals surface area (Å²) in [5.41, 5.74) is -0.168. The number of sulfonamides is 1. The minimum absolute atomic E-state index is 0. The fraction of sp³-hybridized carbons (Fsp3) is 0.300. The first-order valence-corrected chi connectivity index (χ1v) is 11.0. The number of nitrogens with zero attached hydrogens (tertiary/aromatic N) is 9. The summed E-state index contributed by atoms with van der Waals surface area (Å²) in [5, 5.41) is 41.0. The molecule has 2 heterocycles. The average Bonchev–Trinajstić information content (AvgIpc) is 3.22. The zero-order chi connectivity index (χ0) is 24.6. The summed E-state index contributed by atoms with van der Waals surface area (Å²) in [6.45, 7) is 5.58. The molecule has 0 saturated heterocycles. The fourth-order valence-electron chi connectivity index (χ4n) is 2.92. The number of para-hydroxylation sites is 1. The molecule has 0 unspecified atom stereocenters. The normalized spacial score (nSPS) is 11.6. The first-order valence-electron chi connectivity index (χ1n) is 9.53. The van der Waals surface area contributed by atoms with Crippen LogP contribution in [-0.4, -0.2) is 32.9 Å². The predicted molar refractivity (Wildman–Crippen MR) is 117 cm³/mol. The van der Waals surface area contributed by atoms with Gasteiger partial charge >= 0.3 is 17.1 Å². The number of benzene rings is 1. The molecule has 0 radical (unpaired) electrons. The number of azo groups is 1. The van der Waals surface area contributed by atoms with Crippen molar-refractivity contribution < 1.29 is 30.6 Å². The number of aryl methyl sites for hydroxylation is 1. The van der Waals surface area contributed by atoms with Crippen LogP contribution in [0.4, 0.5) is 17.5 Å². The number of aromatic hydroxyl groups is 1. The molecule has 34 heavy (non-hydrogen) atoms. The maximum Gasteiger partial charge on any atom is 1.00 e. The molecule has 2 aromatic heterocycles. The Bertz CT molecular complexity index is 1450. The number of phenols is 1. The first kappa shape index (κ1) is 26.5. The van der Waals surface area contributed by atoms with Gasteiger partial charge in [-0.25, -0.2) is 8.42 Å². The standard InChI is InChI=1S/C20H20N9O3S.Cu/c1-20(2,3)17-16(24-25-19-23-12(10-21)13(11-22)28(19)4)18(29(5)26-17)27-33(31,32)15-9-7-6-8-14(15)30;/h6-9H,1-5H3,(H-,23,25,26,27,30);/q-1;+1. The van der Waals surface area contributed by atoms with E-state index in [9.17, 15) is 18.8 Å². The third-order valence-electron chi connectivity index (χ3n) is 4.58. The van der Waals surface area contributed by atoms with Gasteiger partial charge in [-0.15, -0.1) is 10.2 Å². The Hall–Kier alpha value is -3.71. The molecule has 0 bridgehead atoms. The van der Waals surface area contributed by atoms with Gasteiger partial charge in [-0.2, -0.15) is 15.5 Å². The van der Waals surface area contributed by atoms with E-state index in [1.54, 1.807) is 0 Å². The second kappa shape index (κ2) is 9.65. The molecule has 3 aromatic rings. The summed E-state index contributed by atoms with van der Waals surface area (Å²) in [6.07, 6.45) is 0. The van der Waals surface area contributed by atoms with Crippen molar-refractivity contribution in [2.24, 2.45) is 24.3 Å². The molecule has 0 fully saturated rings. The Balaban J connectivity index is 0.00000408. The molecule has 0 aliphatic rings. The molecule has 180 valence electrons. The number of imidazole rings is 1. The SMILES string of the molecule is Cn1nc(C(C)(C)C)c(N=Nc2nc(C#N)c(C#N)n2C)c1[N-]S(=O)(=O)c1ccccc1O.[Cu+]. The van der Waals surface area contributed by atoms with Crippen molar-refractivity contribution in [2.45, 2.75) is 31.1 Å². The van der Waals surface area contributed by atoms with E-state index in [1.165, 1.54) is 47.6 Å². The molecule has 0 aliphatic heterocycles. The van der Waals surface area contributed by atoms with E-state index in [1.807, 2.05) is 32.9 Å². The largest absolute Gasteiger partial charge is 1.00 e. The van der Waals surface area contributed by atoms with E-state index in [0.29, 0.717) is 5.69 Å². The van der Waals surface area contributed by atoms with E-state index in [-0.39, 0.29) is 50.8 Å². The minimum Gasteiger partial charge on any atom is -0.507 e.